The summed E-state index contributed by atoms with van der Waals surface area (Å²) >= 11 is 0. The van der Waals surface area contributed by atoms with Crippen LogP contribution in [0.15, 0.2) is 18.2 Å². The largest absolute Gasteiger partial charge is 0.320 e. The number of hydrogen-bond acceptors (Lipinski definition) is 2. The maximum atomic E-state index is 11.9. The second-order valence-electron chi connectivity index (χ2n) is 4.26. The highest BCUT2D eigenvalue weighted by Crippen LogP contribution is 2.31. The van der Waals surface area contributed by atoms with Crippen LogP contribution in [0.25, 0.3) is 0 Å². The van der Waals surface area contributed by atoms with Crippen molar-refractivity contribution in [3.05, 3.63) is 29.3 Å². The normalized spacial score (nSPS) is 14.4. The Morgan fingerprint density at radius 2 is 2.25 bits per heavy atom. The van der Waals surface area contributed by atoms with Crippen molar-refractivity contribution >= 4 is 11.6 Å². The first kappa shape index (κ1) is 11.1. The molecule has 3 heteroatoms. The van der Waals surface area contributed by atoms with Crippen LogP contribution in [-0.4, -0.2) is 26.0 Å². The first-order valence-corrected chi connectivity index (χ1v) is 5.77. The number of carbonyl (C=O) groups excluding carboxylic acids is 1. The molecule has 0 fully saturated rings. The summed E-state index contributed by atoms with van der Waals surface area (Å²) in [5.74, 6) is 0.236. The Bertz CT molecular complexity index is 401. The van der Waals surface area contributed by atoms with Crippen LogP contribution in [0.5, 0.6) is 0 Å². The Morgan fingerprint density at radius 3 is 3.00 bits per heavy atom. The second kappa shape index (κ2) is 4.66. The summed E-state index contributed by atoms with van der Waals surface area (Å²) < 4.78 is 0. The van der Waals surface area contributed by atoms with Crippen molar-refractivity contribution in [1.82, 2.24) is 5.32 Å². The van der Waals surface area contributed by atoms with E-state index < -0.39 is 0 Å². The van der Waals surface area contributed by atoms with E-state index in [1.165, 1.54) is 11.1 Å². The number of para-hydroxylation sites is 1. The van der Waals surface area contributed by atoms with Gasteiger partial charge in [-0.1, -0.05) is 18.2 Å². The summed E-state index contributed by atoms with van der Waals surface area (Å²) in [5.41, 5.74) is 3.52. The van der Waals surface area contributed by atoms with Gasteiger partial charge in [0.15, 0.2) is 0 Å². The number of hydrogen-bond donors (Lipinski definition) is 1. The van der Waals surface area contributed by atoms with Gasteiger partial charge in [-0.3, -0.25) is 4.79 Å². The Labute approximate surface area is 96.5 Å². The van der Waals surface area contributed by atoms with Crippen LogP contribution in [0.1, 0.15) is 17.5 Å². The van der Waals surface area contributed by atoms with Gasteiger partial charge in [-0.2, -0.15) is 0 Å². The first-order valence-electron chi connectivity index (χ1n) is 5.77. The molecule has 1 N–H and O–H groups in total. The molecule has 0 spiro atoms. The topological polar surface area (TPSA) is 32.3 Å². The molecule has 0 aliphatic carbocycles. The fourth-order valence-corrected chi connectivity index (χ4v) is 2.28. The third kappa shape index (κ3) is 1.95. The van der Waals surface area contributed by atoms with Crippen molar-refractivity contribution in [3.8, 4) is 0 Å². The van der Waals surface area contributed by atoms with Gasteiger partial charge in [0.05, 0.1) is 12.1 Å². The predicted molar refractivity (Wildman–Crippen MR) is 65.8 cm³/mol. The Balaban J connectivity index is 2.18. The molecule has 0 radical (unpaired) electrons. The summed E-state index contributed by atoms with van der Waals surface area (Å²) in [6, 6.07) is 6.15. The molecule has 1 aromatic carbocycles. The molecule has 0 aromatic heterocycles. The van der Waals surface area contributed by atoms with E-state index >= 15 is 0 Å². The van der Waals surface area contributed by atoms with Crippen molar-refractivity contribution < 1.29 is 4.79 Å². The highest BCUT2D eigenvalue weighted by molar-refractivity contribution is 6.02. The van der Waals surface area contributed by atoms with Gasteiger partial charge in [0.25, 0.3) is 0 Å². The minimum atomic E-state index is 0.236. The molecule has 2 rings (SSSR count). The van der Waals surface area contributed by atoms with Crippen LogP contribution >= 0.6 is 0 Å². The fourth-order valence-electron chi connectivity index (χ4n) is 2.28. The van der Waals surface area contributed by atoms with Gasteiger partial charge in [0, 0.05) is 6.54 Å². The lowest BCUT2D eigenvalue weighted by Gasteiger charge is -2.19. The zero-order chi connectivity index (χ0) is 11.5. The van der Waals surface area contributed by atoms with E-state index in [0.717, 1.165) is 25.2 Å². The number of benzene rings is 1. The molecule has 1 aromatic rings. The number of amides is 1. The smallest absolute Gasteiger partial charge is 0.231 e. The van der Waals surface area contributed by atoms with Crippen molar-refractivity contribution in [1.29, 1.82) is 0 Å². The lowest BCUT2D eigenvalue weighted by Crippen LogP contribution is -2.30. The van der Waals surface area contributed by atoms with E-state index in [-0.39, 0.29) is 5.91 Å². The molecule has 0 unspecified atom stereocenters. The van der Waals surface area contributed by atoms with Crippen LogP contribution in [-0.2, 0) is 11.2 Å². The number of fused-ring (bicyclic) bond motifs is 1. The summed E-state index contributed by atoms with van der Waals surface area (Å²) in [5, 5.41) is 3.11. The van der Waals surface area contributed by atoms with Crippen molar-refractivity contribution in [3.63, 3.8) is 0 Å². The molecule has 86 valence electrons. The zero-order valence-corrected chi connectivity index (χ0v) is 9.92. The average Bonchev–Trinajstić information content (AvgIpc) is 2.57. The molecule has 0 saturated carbocycles. The molecular formula is C13H18N2O. The van der Waals surface area contributed by atoms with Crippen LogP contribution < -0.4 is 10.2 Å². The predicted octanol–water partition coefficient (Wildman–Crippen LogP) is 1.49. The van der Waals surface area contributed by atoms with Gasteiger partial charge in [0.1, 0.15) is 0 Å². The number of aryl methyl sites for hydroxylation is 1. The quantitative estimate of drug-likeness (QED) is 0.777. The summed E-state index contributed by atoms with van der Waals surface area (Å²) in [7, 11) is 1.94. The number of anilines is 1. The zero-order valence-electron chi connectivity index (χ0n) is 9.92. The average molecular weight is 218 g/mol. The maximum absolute atomic E-state index is 11.9. The van der Waals surface area contributed by atoms with Gasteiger partial charge in [-0.15, -0.1) is 0 Å². The number of nitrogens with zero attached hydrogens (tertiary/aromatic N) is 1. The highest BCUT2D eigenvalue weighted by atomic mass is 16.2. The minimum Gasteiger partial charge on any atom is -0.320 e. The van der Waals surface area contributed by atoms with E-state index in [4.69, 9.17) is 0 Å². The molecule has 0 atom stereocenters. The van der Waals surface area contributed by atoms with Crippen LogP contribution in [0.4, 0.5) is 5.69 Å². The Morgan fingerprint density at radius 1 is 1.44 bits per heavy atom. The van der Waals surface area contributed by atoms with Crippen molar-refractivity contribution in [2.45, 2.75) is 19.8 Å². The van der Waals surface area contributed by atoms with E-state index in [2.05, 4.69) is 24.4 Å². The van der Waals surface area contributed by atoms with Gasteiger partial charge >= 0.3 is 0 Å². The van der Waals surface area contributed by atoms with Crippen LogP contribution in [0, 0.1) is 6.92 Å². The molecule has 1 amide bonds. The van der Waals surface area contributed by atoms with Crippen LogP contribution in [0.3, 0.4) is 0 Å². The van der Waals surface area contributed by atoms with Crippen molar-refractivity contribution in [2.75, 3.05) is 25.0 Å². The molecule has 16 heavy (non-hydrogen) atoms. The number of rotatable bonds is 4. The standard InChI is InChI=1S/C13H18N2O/c1-10-5-3-6-11-9-12(16)15(13(10)11)8-4-7-14-2/h3,5-6,14H,4,7-9H2,1-2H3. The Kier molecular flexibility index (Phi) is 3.25. The van der Waals surface area contributed by atoms with E-state index in [1.54, 1.807) is 0 Å². The lowest BCUT2D eigenvalue weighted by atomic mass is 10.1. The SMILES string of the molecule is CNCCCN1C(=O)Cc2cccc(C)c21. The van der Waals surface area contributed by atoms with Crippen LogP contribution in [0.2, 0.25) is 0 Å². The fraction of sp³-hybridized carbons (Fsp3) is 0.462. The molecule has 1 aliphatic rings. The van der Waals surface area contributed by atoms with Gasteiger partial charge < -0.3 is 10.2 Å². The molecule has 0 saturated heterocycles. The molecule has 3 nitrogen and oxygen atoms in total. The third-order valence-electron chi connectivity index (χ3n) is 3.04. The number of nitrogens with one attached hydrogen (secondary N) is 1. The second-order valence-corrected chi connectivity index (χ2v) is 4.26. The molecule has 1 heterocycles. The monoisotopic (exact) mass is 218 g/mol. The lowest BCUT2D eigenvalue weighted by molar-refractivity contribution is -0.117. The van der Waals surface area contributed by atoms with Gasteiger partial charge in [0.2, 0.25) is 5.91 Å². The van der Waals surface area contributed by atoms with Gasteiger partial charge in [-0.05, 0) is 38.1 Å². The van der Waals surface area contributed by atoms with E-state index in [0.29, 0.717) is 6.42 Å². The summed E-state index contributed by atoms with van der Waals surface area (Å²) in [6.45, 7) is 3.84. The van der Waals surface area contributed by atoms with E-state index in [1.807, 2.05) is 18.0 Å². The number of carbonyl (C=O) groups is 1. The van der Waals surface area contributed by atoms with Gasteiger partial charge in [-0.25, -0.2) is 0 Å². The minimum absolute atomic E-state index is 0.236. The molecular weight excluding hydrogens is 200 g/mol. The summed E-state index contributed by atoms with van der Waals surface area (Å²) in [4.78, 5) is 13.8. The molecule has 0 bridgehead atoms. The summed E-state index contributed by atoms with van der Waals surface area (Å²) in [6.07, 6.45) is 1.56. The molecule has 1 aliphatic heterocycles. The first-order chi connectivity index (χ1) is 7.74. The Hall–Kier alpha value is -1.35. The third-order valence-corrected chi connectivity index (χ3v) is 3.04. The van der Waals surface area contributed by atoms with Crippen molar-refractivity contribution in [2.24, 2.45) is 0 Å². The highest BCUT2D eigenvalue weighted by Gasteiger charge is 2.27. The van der Waals surface area contributed by atoms with E-state index in [9.17, 15) is 4.79 Å². The maximum Gasteiger partial charge on any atom is 0.231 e.